The number of hydrogen-bond donors (Lipinski definition) is 1. The van der Waals surface area contributed by atoms with E-state index in [-0.39, 0.29) is 11.4 Å². The number of esters is 1. The number of benzene rings is 2. The Bertz CT molecular complexity index is 1170. The van der Waals surface area contributed by atoms with Gasteiger partial charge in [-0.15, -0.1) is 0 Å². The summed E-state index contributed by atoms with van der Waals surface area (Å²) >= 11 is 0. The zero-order valence-corrected chi connectivity index (χ0v) is 18.5. The van der Waals surface area contributed by atoms with Crippen molar-refractivity contribution in [2.75, 3.05) is 29.9 Å². The predicted molar refractivity (Wildman–Crippen MR) is 117 cm³/mol. The summed E-state index contributed by atoms with van der Waals surface area (Å²) in [6, 6.07) is 10.5. The molecular weight excluding hydrogens is 476 g/mol. The zero-order chi connectivity index (χ0) is 24.9. The van der Waals surface area contributed by atoms with Gasteiger partial charge in [-0.2, -0.15) is 8.78 Å². The van der Waals surface area contributed by atoms with Gasteiger partial charge in [0.15, 0.2) is 6.61 Å². The summed E-state index contributed by atoms with van der Waals surface area (Å²) in [6.45, 7) is 0.232. The largest absolute Gasteiger partial charge is 0.455 e. The molecule has 10 nitrogen and oxygen atoms in total. The topological polar surface area (TPSA) is 136 Å². The molecule has 0 saturated carbocycles. The molecule has 0 spiro atoms. The Labute approximate surface area is 193 Å². The maximum Gasteiger partial charge on any atom is 0.341 e. The minimum absolute atomic E-state index is 0.0139. The van der Waals surface area contributed by atoms with Crippen LogP contribution in [0.5, 0.6) is 0 Å². The van der Waals surface area contributed by atoms with E-state index < -0.39 is 49.8 Å². The number of nitro groups is 1. The molecule has 0 atom stereocenters. The number of ether oxygens (including phenoxy) is 1. The third-order valence-electron chi connectivity index (χ3n) is 5.29. The molecule has 1 aliphatic heterocycles. The number of carbonyl (C=O) groups excluding carboxylic acids is 2. The third-order valence-corrected chi connectivity index (χ3v) is 6.69. The molecule has 0 aromatic heterocycles. The second-order valence-corrected chi connectivity index (χ2v) is 9.41. The minimum Gasteiger partial charge on any atom is -0.455 e. The number of nitro benzene ring substituents is 1. The number of nitrogens with one attached hydrogen (secondary N) is 1. The van der Waals surface area contributed by atoms with Gasteiger partial charge < -0.3 is 15.0 Å². The number of alkyl halides is 2. The second-order valence-electron chi connectivity index (χ2n) is 7.49. The van der Waals surface area contributed by atoms with Crippen LogP contribution >= 0.6 is 0 Å². The van der Waals surface area contributed by atoms with Crippen molar-refractivity contribution in [1.29, 1.82) is 0 Å². The highest BCUT2D eigenvalue weighted by Crippen LogP contribution is 2.31. The highest BCUT2D eigenvalue weighted by atomic mass is 32.2. The summed E-state index contributed by atoms with van der Waals surface area (Å²) in [7, 11) is -4.74. The maximum absolute atomic E-state index is 12.6. The number of carbonyl (C=O) groups is 2. The van der Waals surface area contributed by atoms with Gasteiger partial charge in [0.2, 0.25) is 9.84 Å². The summed E-state index contributed by atoms with van der Waals surface area (Å²) in [5.41, 5.74) is 0.609. The van der Waals surface area contributed by atoms with Crippen LogP contribution in [-0.4, -0.2) is 50.7 Å². The van der Waals surface area contributed by atoms with E-state index in [0.717, 1.165) is 24.3 Å². The second kappa shape index (κ2) is 10.5. The molecule has 1 saturated heterocycles. The first kappa shape index (κ1) is 25.0. The quantitative estimate of drug-likeness (QED) is 0.334. The van der Waals surface area contributed by atoms with Crippen LogP contribution in [0, 0.1) is 16.0 Å². The molecule has 1 fully saturated rings. The number of para-hydroxylation sites is 2. The molecule has 1 heterocycles. The zero-order valence-electron chi connectivity index (χ0n) is 17.7. The SMILES string of the molecule is O=C(COC(=O)C1CCN(c2ccccc2[N+](=O)[O-])CC1)Nc1ccc(S(=O)(=O)C(F)F)cc1. The van der Waals surface area contributed by atoms with Crippen LogP contribution in [0.2, 0.25) is 0 Å². The Kier molecular flexibility index (Phi) is 7.76. The monoisotopic (exact) mass is 497 g/mol. The molecule has 1 aliphatic rings. The Balaban J connectivity index is 1.47. The number of halogens is 2. The van der Waals surface area contributed by atoms with Gasteiger partial charge in [0, 0.05) is 24.8 Å². The molecule has 0 bridgehead atoms. The van der Waals surface area contributed by atoms with Crippen molar-refractivity contribution in [3.8, 4) is 0 Å². The molecule has 182 valence electrons. The first-order valence-electron chi connectivity index (χ1n) is 10.2. The molecule has 2 aromatic carbocycles. The lowest BCUT2D eigenvalue weighted by molar-refractivity contribution is -0.384. The number of hydrogen-bond acceptors (Lipinski definition) is 8. The fourth-order valence-electron chi connectivity index (χ4n) is 3.52. The third kappa shape index (κ3) is 5.84. The van der Waals surface area contributed by atoms with E-state index in [1.165, 1.54) is 6.07 Å². The molecule has 1 amide bonds. The summed E-state index contributed by atoms with van der Waals surface area (Å²) < 4.78 is 53.0. The van der Waals surface area contributed by atoms with Crippen molar-refractivity contribution in [2.24, 2.45) is 5.92 Å². The predicted octanol–water partition coefficient (Wildman–Crippen LogP) is 2.99. The number of amides is 1. The van der Waals surface area contributed by atoms with Crippen molar-refractivity contribution in [2.45, 2.75) is 23.5 Å². The summed E-state index contributed by atoms with van der Waals surface area (Å²) in [6.07, 6.45) is 0.791. The lowest BCUT2D eigenvalue weighted by atomic mass is 9.96. The van der Waals surface area contributed by atoms with E-state index in [0.29, 0.717) is 31.6 Å². The molecule has 2 aromatic rings. The van der Waals surface area contributed by atoms with Crippen LogP contribution in [0.25, 0.3) is 0 Å². The highest BCUT2D eigenvalue weighted by molar-refractivity contribution is 7.91. The molecule has 3 rings (SSSR count). The van der Waals surface area contributed by atoms with Crippen LogP contribution in [0.4, 0.5) is 25.8 Å². The number of anilines is 2. The smallest absolute Gasteiger partial charge is 0.341 e. The maximum atomic E-state index is 12.6. The lowest BCUT2D eigenvalue weighted by Gasteiger charge is -2.32. The van der Waals surface area contributed by atoms with Crippen molar-refractivity contribution >= 4 is 38.8 Å². The summed E-state index contributed by atoms with van der Waals surface area (Å²) in [5.74, 6) is -5.28. The van der Waals surface area contributed by atoms with Crippen LogP contribution in [0.15, 0.2) is 53.4 Å². The van der Waals surface area contributed by atoms with Gasteiger partial charge in [0.05, 0.1) is 15.7 Å². The van der Waals surface area contributed by atoms with Gasteiger partial charge >= 0.3 is 11.7 Å². The fourth-order valence-corrected chi connectivity index (χ4v) is 4.25. The van der Waals surface area contributed by atoms with Crippen molar-refractivity contribution in [3.63, 3.8) is 0 Å². The molecule has 0 unspecified atom stereocenters. The van der Waals surface area contributed by atoms with E-state index in [1.807, 2.05) is 4.90 Å². The lowest BCUT2D eigenvalue weighted by Crippen LogP contribution is -2.37. The summed E-state index contributed by atoms with van der Waals surface area (Å²) in [4.78, 5) is 36.4. The van der Waals surface area contributed by atoms with Crippen molar-refractivity contribution in [1.82, 2.24) is 0 Å². The van der Waals surface area contributed by atoms with Crippen LogP contribution in [0.3, 0.4) is 0 Å². The molecule has 13 heteroatoms. The first-order valence-corrected chi connectivity index (χ1v) is 11.7. The molecule has 0 aliphatic carbocycles. The average Bonchev–Trinajstić information content (AvgIpc) is 2.83. The van der Waals surface area contributed by atoms with E-state index in [2.05, 4.69) is 5.32 Å². The Morgan fingerprint density at radius 1 is 1.12 bits per heavy atom. The van der Waals surface area contributed by atoms with E-state index in [4.69, 9.17) is 4.74 Å². The van der Waals surface area contributed by atoms with Gasteiger partial charge in [-0.25, -0.2) is 8.42 Å². The first-order chi connectivity index (χ1) is 16.1. The van der Waals surface area contributed by atoms with Gasteiger partial charge in [-0.3, -0.25) is 19.7 Å². The van der Waals surface area contributed by atoms with Gasteiger partial charge in [0.1, 0.15) is 5.69 Å². The van der Waals surface area contributed by atoms with E-state index in [9.17, 15) is 36.9 Å². The standard InChI is InChI=1S/C21H21F2N3O7S/c22-21(23)34(31,32)16-7-5-15(6-8-16)24-19(27)13-33-20(28)14-9-11-25(12-10-14)17-3-1-2-4-18(17)26(29)30/h1-8,14,21H,9-13H2,(H,24,27). The molecule has 34 heavy (non-hydrogen) atoms. The van der Waals surface area contributed by atoms with Crippen LogP contribution < -0.4 is 10.2 Å². The number of sulfone groups is 1. The molecule has 1 N–H and O–H groups in total. The van der Waals surface area contributed by atoms with Gasteiger partial charge in [-0.05, 0) is 43.2 Å². The Morgan fingerprint density at radius 3 is 2.32 bits per heavy atom. The number of piperidine rings is 1. The summed E-state index contributed by atoms with van der Waals surface area (Å²) in [5, 5.41) is 13.6. The Hall–Kier alpha value is -3.61. The average molecular weight is 497 g/mol. The van der Waals surface area contributed by atoms with E-state index in [1.54, 1.807) is 18.2 Å². The van der Waals surface area contributed by atoms with Gasteiger partial charge in [0.25, 0.3) is 11.6 Å². The van der Waals surface area contributed by atoms with Crippen LogP contribution in [-0.2, 0) is 24.2 Å². The minimum atomic E-state index is -4.74. The highest BCUT2D eigenvalue weighted by Gasteiger charge is 2.29. The van der Waals surface area contributed by atoms with Crippen molar-refractivity contribution in [3.05, 3.63) is 58.6 Å². The van der Waals surface area contributed by atoms with Gasteiger partial charge in [-0.1, -0.05) is 12.1 Å². The number of nitrogens with zero attached hydrogens (tertiary/aromatic N) is 2. The molecule has 0 radical (unpaired) electrons. The van der Waals surface area contributed by atoms with Crippen LogP contribution in [0.1, 0.15) is 12.8 Å². The fraction of sp³-hybridized carbons (Fsp3) is 0.333. The normalized spacial score (nSPS) is 14.6. The van der Waals surface area contributed by atoms with E-state index >= 15 is 0 Å². The van der Waals surface area contributed by atoms with Crippen molar-refractivity contribution < 1.29 is 36.4 Å². The number of rotatable bonds is 8. The molecular formula is C21H21F2N3O7S. The Morgan fingerprint density at radius 2 is 1.74 bits per heavy atom.